The van der Waals surface area contributed by atoms with E-state index in [0.717, 1.165) is 0 Å². The molecular weight excluding hydrogens is 348 g/mol. The van der Waals surface area contributed by atoms with E-state index >= 15 is 0 Å². The van der Waals surface area contributed by atoms with Gasteiger partial charge in [-0.2, -0.15) is 0 Å². The molecule has 2 atom stereocenters. The van der Waals surface area contributed by atoms with E-state index in [-0.39, 0.29) is 17.2 Å². The maximum absolute atomic E-state index is 10.2. The van der Waals surface area contributed by atoms with Crippen molar-refractivity contribution in [2.24, 2.45) is 11.8 Å². The van der Waals surface area contributed by atoms with Crippen LogP contribution >= 0.6 is 0 Å². The van der Waals surface area contributed by atoms with Crippen molar-refractivity contribution >= 4 is 0 Å². The average Bonchev–Trinajstić information content (AvgIpc) is 3.31. The van der Waals surface area contributed by atoms with Crippen molar-refractivity contribution in [3.8, 4) is 17.2 Å². The Morgan fingerprint density at radius 3 is 1.18 bits per heavy atom. The normalized spacial score (nSPS) is 19.6. The standard InChI is InChI=1S/C19H16O3.C6H10/c20-16-10-4-1-7-13(16)19(14-8-2-5-11-17(14)21)15-9-3-6-12-18(15)22;1-2-5-4-6(5)3-1/h1-12,19-22H;5-6H,1-4H2. The Hall–Kier alpha value is -2.94. The third-order valence-electron chi connectivity index (χ3n) is 5.96. The van der Waals surface area contributed by atoms with Crippen molar-refractivity contribution in [3.63, 3.8) is 0 Å². The molecular formula is C25H26O3. The first-order chi connectivity index (χ1) is 13.6. The van der Waals surface area contributed by atoms with Crippen LogP contribution < -0.4 is 0 Å². The van der Waals surface area contributed by atoms with Gasteiger partial charge in [0.05, 0.1) is 0 Å². The van der Waals surface area contributed by atoms with Gasteiger partial charge in [-0.15, -0.1) is 0 Å². The van der Waals surface area contributed by atoms with E-state index in [9.17, 15) is 15.3 Å². The molecule has 2 unspecified atom stereocenters. The molecule has 0 amide bonds. The zero-order chi connectivity index (χ0) is 19.5. The minimum absolute atomic E-state index is 0.124. The monoisotopic (exact) mass is 374 g/mol. The predicted molar refractivity (Wildman–Crippen MR) is 111 cm³/mol. The molecule has 0 radical (unpaired) electrons. The lowest BCUT2D eigenvalue weighted by molar-refractivity contribution is 0.451. The molecule has 2 aliphatic carbocycles. The van der Waals surface area contributed by atoms with E-state index in [1.165, 1.54) is 18.3 Å². The maximum Gasteiger partial charge on any atom is 0.119 e. The molecule has 28 heavy (non-hydrogen) atoms. The van der Waals surface area contributed by atoms with Crippen molar-refractivity contribution in [3.05, 3.63) is 89.5 Å². The number of fused-ring (bicyclic) bond motifs is 1. The summed E-state index contributed by atoms with van der Waals surface area (Å²) in [4.78, 5) is 0. The van der Waals surface area contributed by atoms with E-state index in [4.69, 9.17) is 0 Å². The fourth-order valence-electron chi connectivity index (χ4n) is 4.36. The zero-order valence-corrected chi connectivity index (χ0v) is 15.8. The van der Waals surface area contributed by atoms with Gasteiger partial charge in [0.15, 0.2) is 0 Å². The van der Waals surface area contributed by atoms with E-state index in [1.807, 2.05) is 18.2 Å². The van der Waals surface area contributed by atoms with Crippen LogP contribution in [-0.2, 0) is 0 Å². The molecule has 0 aliphatic heterocycles. The lowest BCUT2D eigenvalue weighted by Gasteiger charge is -2.21. The number of hydrogen-bond donors (Lipinski definition) is 3. The molecule has 144 valence electrons. The Morgan fingerprint density at radius 2 is 0.929 bits per heavy atom. The van der Waals surface area contributed by atoms with Crippen molar-refractivity contribution in [2.75, 3.05) is 0 Å². The molecule has 0 spiro atoms. The highest BCUT2D eigenvalue weighted by molar-refractivity contribution is 5.55. The number of aromatic hydroxyl groups is 3. The molecule has 3 heteroatoms. The second-order valence-electron chi connectivity index (χ2n) is 7.80. The largest absolute Gasteiger partial charge is 0.508 e. The average molecular weight is 374 g/mol. The van der Waals surface area contributed by atoms with E-state index in [2.05, 4.69) is 0 Å². The maximum atomic E-state index is 10.2. The summed E-state index contributed by atoms with van der Waals surface area (Å²) in [7, 11) is 0. The highest BCUT2D eigenvalue weighted by Crippen LogP contribution is 2.51. The third kappa shape index (κ3) is 3.84. The lowest BCUT2D eigenvalue weighted by atomic mass is 9.83. The number of rotatable bonds is 3. The smallest absolute Gasteiger partial charge is 0.119 e. The first-order valence-electron chi connectivity index (χ1n) is 9.99. The van der Waals surface area contributed by atoms with Crippen LogP contribution in [0.25, 0.3) is 0 Å². The van der Waals surface area contributed by atoms with Crippen LogP contribution in [0.4, 0.5) is 0 Å². The third-order valence-corrected chi connectivity index (χ3v) is 5.96. The summed E-state index contributed by atoms with van der Waals surface area (Å²) >= 11 is 0. The van der Waals surface area contributed by atoms with Gasteiger partial charge in [-0.05, 0) is 36.5 Å². The fraction of sp³-hybridized carbons (Fsp3) is 0.280. The Morgan fingerprint density at radius 1 is 0.571 bits per heavy atom. The lowest BCUT2D eigenvalue weighted by Crippen LogP contribution is -2.04. The summed E-state index contributed by atoms with van der Waals surface area (Å²) in [6.45, 7) is 0. The van der Waals surface area contributed by atoms with Gasteiger partial charge in [0.25, 0.3) is 0 Å². The Kier molecular flexibility index (Phi) is 5.25. The Bertz CT molecular complexity index is 834. The minimum Gasteiger partial charge on any atom is -0.508 e. The molecule has 3 nitrogen and oxygen atoms in total. The van der Waals surface area contributed by atoms with Crippen molar-refractivity contribution in [2.45, 2.75) is 31.6 Å². The van der Waals surface area contributed by atoms with Gasteiger partial charge in [0.2, 0.25) is 0 Å². The quantitative estimate of drug-likeness (QED) is 0.509. The Balaban J connectivity index is 0.000000268. The number of benzene rings is 3. The minimum atomic E-state index is -0.455. The van der Waals surface area contributed by atoms with Gasteiger partial charge in [-0.3, -0.25) is 0 Å². The fourth-order valence-corrected chi connectivity index (χ4v) is 4.36. The second-order valence-corrected chi connectivity index (χ2v) is 7.80. The zero-order valence-electron chi connectivity index (χ0n) is 15.8. The molecule has 2 aliphatic rings. The SMILES string of the molecule is C1CC2CC2C1.Oc1ccccc1C(c1ccccc1O)c1ccccc1O. The predicted octanol–water partition coefficient (Wildman–Crippen LogP) is 5.79. The molecule has 2 saturated carbocycles. The van der Waals surface area contributed by atoms with Crippen molar-refractivity contribution in [1.82, 2.24) is 0 Å². The summed E-state index contributed by atoms with van der Waals surface area (Å²) in [6, 6.07) is 20.9. The van der Waals surface area contributed by atoms with Gasteiger partial charge < -0.3 is 15.3 Å². The molecule has 3 aromatic carbocycles. The van der Waals surface area contributed by atoms with Crippen LogP contribution in [0.3, 0.4) is 0 Å². The van der Waals surface area contributed by atoms with Crippen LogP contribution in [0, 0.1) is 11.8 Å². The summed E-state index contributed by atoms with van der Waals surface area (Å²) in [5, 5.41) is 30.7. The summed E-state index contributed by atoms with van der Waals surface area (Å²) < 4.78 is 0. The second kappa shape index (κ2) is 7.97. The summed E-state index contributed by atoms with van der Waals surface area (Å²) in [5.41, 5.74) is 1.89. The summed E-state index contributed by atoms with van der Waals surface area (Å²) in [5.74, 6) is 2.34. The first-order valence-corrected chi connectivity index (χ1v) is 9.99. The first kappa shape index (κ1) is 18.4. The van der Waals surface area contributed by atoms with Crippen LogP contribution in [0.1, 0.15) is 48.3 Å². The van der Waals surface area contributed by atoms with E-state index in [0.29, 0.717) is 16.7 Å². The molecule has 0 bridgehead atoms. The van der Waals surface area contributed by atoms with Gasteiger partial charge >= 0.3 is 0 Å². The summed E-state index contributed by atoms with van der Waals surface area (Å²) in [6.07, 6.45) is 6.24. The van der Waals surface area contributed by atoms with Crippen LogP contribution in [-0.4, -0.2) is 15.3 Å². The number of phenolic OH excluding ortho intramolecular Hbond substituents is 3. The van der Waals surface area contributed by atoms with E-state index in [1.54, 1.807) is 73.9 Å². The molecule has 5 rings (SSSR count). The molecule has 2 fully saturated rings. The molecule has 0 saturated heterocycles. The Labute approximate surface area is 165 Å². The van der Waals surface area contributed by atoms with Gasteiger partial charge in [0.1, 0.15) is 17.2 Å². The van der Waals surface area contributed by atoms with Gasteiger partial charge in [0, 0.05) is 22.6 Å². The number of hydrogen-bond acceptors (Lipinski definition) is 3. The van der Waals surface area contributed by atoms with Crippen molar-refractivity contribution in [1.29, 1.82) is 0 Å². The van der Waals surface area contributed by atoms with Crippen LogP contribution in [0.2, 0.25) is 0 Å². The van der Waals surface area contributed by atoms with Gasteiger partial charge in [-0.25, -0.2) is 0 Å². The number of phenols is 3. The van der Waals surface area contributed by atoms with Gasteiger partial charge in [-0.1, -0.05) is 73.9 Å². The number of para-hydroxylation sites is 3. The van der Waals surface area contributed by atoms with Crippen LogP contribution in [0.5, 0.6) is 17.2 Å². The molecule has 0 aromatic heterocycles. The molecule has 3 aromatic rings. The highest BCUT2D eigenvalue weighted by atomic mass is 16.3. The molecule has 3 N–H and O–H groups in total. The van der Waals surface area contributed by atoms with Crippen molar-refractivity contribution < 1.29 is 15.3 Å². The van der Waals surface area contributed by atoms with Crippen LogP contribution in [0.15, 0.2) is 72.8 Å². The molecule has 0 heterocycles. The highest BCUT2D eigenvalue weighted by Gasteiger charge is 2.40. The van der Waals surface area contributed by atoms with E-state index < -0.39 is 5.92 Å². The topological polar surface area (TPSA) is 60.7 Å².